The number of hydrogen-bond donors (Lipinski definition) is 0. The number of benzene rings is 5. The van der Waals surface area contributed by atoms with Crippen LogP contribution in [0.1, 0.15) is 65.2 Å². The van der Waals surface area contributed by atoms with E-state index in [1.165, 1.54) is 0 Å². The molecule has 0 aliphatic heterocycles. The summed E-state index contributed by atoms with van der Waals surface area (Å²) in [5.74, 6) is 0. The molecule has 0 aliphatic rings. The van der Waals surface area contributed by atoms with Gasteiger partial charge in [0.25, 0.3) is 11.1 Å². The van der Waals surface area contributed by atoms with E-state index in [1.807, 2.05) is 69.8 Å². The Hall–Kier alpha value is -5.48. The fourth-order valence-corrected chi connectivity index (χ4v) is 7.79. The molecular weight excluding hydrogens is 637 g/mol. The molecular formula is C48H48N2O2. The predicted octanol–water partition coefficient (Wildman–Crippen LogP) is 12.1. The average Bonchev–Trinajstić information content (AvgIpc) is 3.20. The first-order valence-electron chi connectivity index (χ1n) is 19.1. The van der Waals surface area contributed by atoms with Crippen molar-refractivity contribution in [3.63, 3.8) is 0 Å². The monoisotopic (exact) mass is 684 g/mol. The van der Waals surface area contributed by atoms with Crippen molar-refractivity contribution >= 4 is 21.5 Å². The van der Waals surface area contributed by atoms with E-state index in [-0.39, 0.29) is 11.1 Å². The zero-order valence-electron chi connectivity index (χ0n) is 30.5. The number of aromatic nitrogens is 2. The van der Waals surface area contributed by atoms with Gasteiger partial charge in [0, 0.05) is 35.0 Å². The predicted molar refractivity (Wildman–Crippen MR) is 220 cm³/mol. The minimum atomic E-state index is -0.0176. The first-order chi connectivity index (χ1) is 25.6. The molecule has 52 heavy (non-hydrogen) atoms. The summed E-state index contributed by atoms with van der Waals surface area (Å²) in [6.45, 7) is 5.67. The molecule has 0 aliphatic carbocycles. The highest BCUT2D eigenvalue weighted by Gasteiger charge is 2.24. The van der Waals surface area contributed by atoms with Crippen molar-refractivity contribution in [1.29, 1.82) is 0 Å². The van der Waals surface area contributed by atoms with Crippen LogP contribution in [0, 0.1) is 0 Å². The second-order valence-electron chi connectivity index (χ2n) is 13.9. The topological polar surface area (TPSA) is 44.0 Å². The molecule has 5 aromatic carbocycles. The average molecular weight is 685 g/mol. The van der Waals surface area contributed by atoms with Crippen LogP contribution in [0.15, 0.2) is 143 Å². The Kier molecular flexibility index (Phi) is 10.9. The summed E-state index contributed by atoms with van der Waals surface area (Å²) in [6.07, 6.45) is 8.46. The van der Waals surface area contributed by atoms with Crippen molar-refractivity contribution in [3.8, 4) is 44.8 Å². The third-order valence-electron chi connectivity index (χ3n) is 10.4. The van der Waals surface area contributed by atoms with E-state index in [4.69, 9.17) is 0 Å². The van der Waals surface area contributed by atoms with E-state index in [9.17, 15) is 0 Å². The van der Waals surface area contributed by atoms with Crippen molar-refractivity contribution < 1.29 is 0 Å². The summed E-state index contributed by atoms with van der Waals surface area (Å²) in [5.41, 5.74) is 7.79. The molecule has 0 saturated carbocycles. The van der Waals surface area contributed by atoms with Crippen LogP contribution in [0.5, 0.6) is 0 Å². The van der Waals surface area contributed by atoms with Gasteiger partial charge in [0.15, 0.2) is 0 Å². The van der Waals surface area contributed by atoms with Crippen LogP contribution in [0.25, 0.3) is 66.3 Å². The van der Waals surface area contributed by atoms with Gasteiger partial charge in [-0.2, -0.15) is 0 Å². The number of nitrogens with zero attached hydrogens (tertiary/aromatic N) is 2. The van der Waals surface area contributed by atoms with Crippen molar-refractivity contribution in [3.05, 3.63) is 154 Å². The lowest BCUT2D eigenvalue weighted by Gasteiger charge is -2.23. The van der Waals surface area contributed by atoms with Crippen LogP contribution >= 0.6 is 0 Å². The Bertz CT molecular complexity index is 2220. The zero-order chi connectivity index (χ0) is 35.9. The van der Waals surface area contributed by atoms with E-state index in [0.29, 0.717) is 23.9 Å². The number of hydrogen-bond acceptors (Lipinski definition) is 2. The van der Waals surface area contributed by atoms with E-state index in [1.54, 1.807) is 0 Å². The van der Waals surface area contributed by atoms with Gasteiger partial charge in [0.1, 0.15) is 0 Å². The Labute approximate surface area is 307 Å². The minimum absolute atomic E-state index is 0.0176. The number of rotatable bonds is 14. The Balaban J connectivity index is 1.65. The van der Waals surface area contributed by atoms with E-state index in [2.05, 4.69) is 86.6 Å². The Morgan fingerprint density at radius 3 is 1.04 bits per heavy atom. The molecule has 4 heteroatoms. The van der Waals surface area contributed by atoms with Crippen molar-refractivity contribution in [2.75, 3.05) is 0 Å². The smallest absolute Gasteiger partial charge is 0.258 e. The first-order valence-corrected chi connectivity index (χ1v) is 19.1. The number of pyridine rings is 2. The fourth-order valence-electron chi connectivity index (χ4n) is 7.79. The summed E-state index contributed by atoms with van der Waals surface area (Å²) >= 11 is 0. The molecule has 0 N–H and O–H groups in total. The standard InChI is InChI=1S/C48H48N2O2/c1-3-5-7-21-31-49-45(37-27-17-11-18-28-37)43(35-23-13-9-14-24-35)39-34-42-40(33-41(39)47(49)51)44(36-25-15-10-16-26-36)46(38-29-19-12-20-30-38)50(48(42)52)32-22-8-6-4-2/h9-20,23-30,33-34H,3-8,21-22,31-32H2,1-2H3. The third-order valence-corrected chi connectivity index (χ3v) is 10.4. The van der Waals surface area contributed by atoms with Crippen LogP contribution in [-0.2, 0) is 13.1 Å². The van der Waals surface area contributed by atoms with Crippen LogP contribution < -0.4 is 11.1 Å². The van der Waals surface area contributed by atoms with Crippen LogP contribution in [-0.4, -0.2) is 9.13 Å². The molecule has 2 heterocycles. The molecule has 7 aromatic rings. The Morgan fingerprint density at radius 1 is 0.385 bits per heavy atom. The summed E-state index contributed by atoms with van der Waals surface area (Å²) in [4.78, 5) is 30.1. The van der Waals surface area contributed by atoms with Crippen LogP contribution in [0.4, 0.5) is 0 Å². The molecule has 0 amide bonds. The van der Waals surface area contributed by atoms with Gasteiger partial charge in [-0.1, -0.05) is 174 Å². The second-order valence-corrected chi connectivity index (χ2v) is 13.9. The molecule has 0 unspecified atom stereocenters. The van der Waals surface area contributed by atoms with Gasteiger partial charge in [-0.3, -0.25) is 9.59 Å². The third kappa shape index (κ3) is 6.90. The lowest BCUT2D eigenvalue weighted by Crippen LogP contribution is -2.25. The van der Waals surface area contributed by atoms with Crippen molar-refractivity contribution in [1.82, 2.24) is 9.13 Å². The molecule has 7 rings (SSSR count). The lowest BCUT2D eigenvalue weighted by atomic mass is 9.89. The van der Waals surface area contributed by atoms with Gasteiger partial charge in [-0.25, -0.2) is 0 Å². The van der Waals surface area contributed by atoms with Gasteiger partial charge >= 0.3 is 0 Å². The normalized spacial score (nSPS) is 11.4. The highest BCUT2D eigenvalue weighted by Crippen LogP contribution is 2.42. The summed E-state index contributed by atoms with van der Waals surface area (Å²) < 4.78 is 4.02. The van der Waals surface area contributed by atoms with Gasteiger partial charge in [-0.15, -0.1) is 0 Å². The summed E-state index contributed by atoms with van der Waals surface area (Å²) in [7, 11) is 0. The van der Waals surface area contributed by atoms with Crippen LogP contribution in [0.2, 0.25) is 0 Å². The maximum atomic E-state index is 15.1. The molecule has 0 saturated heterocycles. The quantitative estimate of drug-likeness (QED) is 0.0845. The number of fused-ring (bicyclic) bond motifs is 2. The molecule has 0 atom stereocenters. The second kappa shape index (κ2) is 16.2. The molecule has 262 valence electrons. The highest BCUT2D eigenvalue weighted by atomic mass is 16.1. The Morgan fingerprint density at radius 2 is 0.712 bits per heavy atom. The molecule has 0 spiro atoms. The van der Waals surface area contributed by atoms with Gasteiger partial charge in [-0.05, 0) is 58.0 Å². The molecule has 0 radical (unpaired) electrons. The largest absolute Gasteiger partial charge is 0.307 e. The minimum Gasteiger partial charge on any atom is -0.307 e. The highest BCUT2D eigenvalue weighted by molar-refractivity contribution is 6.12. The van der Waals surface area contributed by atoms with Crippen molar-refractivity contribution in [2.24, 2.45) is 0 Å². The van der Waals surface area contributed by atoms with Crippen LogP contribution in [0.3, 0.4) is 0 Å². The van der Waals surface area contributed by atoms with Gasteiger partial charge in [0.2, 0.25) is 0 Å². The first kappa shape index (κ1) is 34.9. The van der Waals surface area contributed by atoms with E-state index >= 15 is 9.59 Å². The molecule has 2 aromatic heterocycles. The molecule has 4 nitrogen and oxygen atoms in total. The maximum Gasteiger partial charge on any atom is 0.258 e. The number of unbranched alkanes of at least 4 members (excludes halogenated alkanes) is 6. The molecule has 0 bridgehead atoms. The zero-order valence-corrected chi connectivity index (χ0v) is 30.5. The summed E-state index contributed by atoms with van der Waals surface area (Å²) in [6, 6.07) is 45.4. The molecule has 0 fully saturated rings. The SMILES string of the molecule is CCCCCCn1c(-c2ccccc2)c(-c2ccccc2)c2cc3c(=O)n(CCCCCC)c(-c4ccccc4)c(-c4ccccc4)c3cc2c1=O. The van der Waals surface area contributed by atoms with Crippen molar-refractivity contribution in [2.45, 2.75) is 78.3 Å². The maximum absolute atomic E-state index is 15.1. The fraction of sp³-hybridized carbons (Fsp3) is 0.250. The van der Waals surface area contributed by atoms with E-state index in [0.717, 1.165) is 107 Å². The van der Waals surface area contributed by atoms with Gasteiger partial charge in [0.05, 0.1) is 11.4 Å². The lowest BCUT2D eigenvalue weighted by molar-refractivity contribution is 0.576. The summed E-state index contributed by atoms with van der Waals surface area (Å²) in [5, 5.41) is 2.90. The van der Waals surface area contributed by atoms with E-state index < -0.39 is 0 Å². The van der Waals surface area contributed by atoms with Gasteiger partial charge < -0.3 is 9.13 Å².